The third kappa shape index (κ3) is 3.98. The molecule has 1 fully saturated rings. The molecule has 1 aromatic heterocycles. The molecule has 1 N–H and O–H groups in total. The van der Waals surface area contributed by atoms with E-state index in [-0.39, 0.29) is 18.8 Å². The number of carbonyl (C=O) groups excluding carboxylic acids is 2. The third-order valence-electron chi connectivity index (χ3n) is 4.91. The van der Waals surface area contributed by atoms with Gasteiger partial charge < -0.3 is 15.1 Å². The lowest BCUT2D eigenvalue weighted by Crippen LogP contribution is -2.47. The van der Waals surface area contributed by atoms with Crippen molar-refractivity contribution in [3.05, 3.63) is 53.0 Å². The van der Waals surface area contributed by atoms with E-state index >= 15 is 0 Å². The first-order valence-electron chi connectivity index (χ1n) is 8.87. The summed E-state index contributed by atoms with van der Waals surface area (Å²) in [5, 5.41) is 2.49. The summed E-state index contributed by atoms with van der Waals surface area (Å²) in [6.07, 6.45) is 1.51. The van der Waals surface area contributed by atoms with Crippen LogP contribution in [0.1, 0.15) is 27.7 Å². The summed E-state index contributed by atoms with van der Waals surface area (Å²) in [5.74, 6) is -0.883. The number of piperazine rings is 1. The zero-order valence-electron chi connectivity index (χ0n) is 15.8. The Kier molecular flexibility index (Phi) is 5.51. The highest BCUT2D eigenvalue weighted by Crippen LogP contribution is 2.26. The molecule has 1 aliphatic rings. The van der Waals surface area contributed by atoms with E-state index in [1.165, 1.54) is 19.3 Å². The summed E-state index contributed by atoms with van der Waals surface area (Å²) >= 11 is 0. The maximum absolute atomic E-state index is 14.2. The van der Waals surface area contributed by atoms with Crippen LogP contribution in [0, 0.1) is 12.7 Å². The van der Waals surface area contributed by atoms with E-state index in [0.717, 1.165) is 13.1 Å². The SMILES string of the molecule is CNC(=O)c1cc(F)c(C)c(-c2ccc(C(=O)N3CCN(C)CC3)cn2)c1.[HH]. The fourth-order valence-corrected chi connectivity index (χ4v) is 3.09. The van der Waals surface area contributed by atoms with Crippen LogP contribution in [-0.2, 0) is 0 Å². The van der Waals surface area contributed by atoms with Crippen LogP contribution in [0.25, 0.3) is 11.3 Å². The van der Waals surface area contributed by atoms with E-state index in [1.54, 1.807) is 25.1 Å². The van der Waals surface area contributed by atoms with Crippen LogP contribution >= 0.6 is 0 Å². The number of halogens is 1. The number of carbonyl (C=O) groups is 2. The van der Waals surface area contributed by atoms with Gasteiger partial charge in [-0.1, -0.05) is 0 Å². The fraction of sp³-hybridized carbons (Fsp3) is 0.350. The molecule has 2 aromatic rings. The first-order chi connectivity index (χ1) is 12.9. The van der Waals surface area contributed by atoms with Crippen LogP contribution in [0.2, 0.25) is 0 Å². The van der Waals surface area contributed by atoms with Crippen molar-refractivity contribution in [1.82, 2.24) is 20.1 Å². The summed E-state index contributed by atoms with van der Waals surface area (Å²) < 4.78 is 14.2. The number of pyridine rings is 1. The first kappa shape index (κ1) is 19.0. The maximum Gasteiger partial charge on any atom is 0.255 e. The monoisotopic (exact) mass is 372 g/mol. The average Bonchev–Trinajstić information content (AvgIpc) is 2.69. The zero-order chi connectivity index (χ0) is 19.6. The van der Waals surface area contributed by atoms with E-state index in [4.69, 9.17) is 0 Å². The van der Waals surface area contributed by atoms with Crippen LogP contribution in [-0.4, -0.2) is 66.9 Å². The Balaban J connectivity index is 0.00000280. The summed E-state index contributed by atoms with van der Waals surface area (Å²) in [6, 6.07) is 6.22. The predicted octanol–water partition coefficient (Wildman–Crippen LogP) is 2.19. The lowest BCUT2D eigenvalue weighted by molar-refractivity contribution is 0.0663. The minimum atomic E-state index is -0.467. The lowest BCUT2D eigenvalue weighted by Gasteiger charge is -2.32. The molecule has 0 atom stereocenters. The molecule has 1 aromatic carbocycles. The van der Waals surface area contributed by atoms with Gasteiger partial charge in [-0.15, -0.1) is 0 Å². The number of amides is 2. The van der Waals surface area contributed by atoms with Gasteiger partial charge in [-0.2, -0.15) is 0 Å². The van der Waals surface area contributed by atoms with E-state index in [1.807, 2.05) is 11.9 Å². The Hall–Kier alpha value is -2.80. The minimum absolute atomic E-state index is 0. The van der Waals surface area contributed by atoms with Gasteiger partial charge in [0.2, 0.25) is 0 Å². The molecule has 0 bridgehead atoms. The van der Waals surface area contributed by atoms with Gasteiger partial charge in [0.25, 0.3) is 11.8 Å². The molecule has 0 spiro atoms. The topological polar surface area (TPSA) is 65.5 Å². The molecular formula is C20H25FN4O2. The van der Waals surface area contributed by atoms with Gasteiger partial charge in [-0.25, -0.2) is 4.39 Å². The quantitative estimate of drug-likeness (QED) is 0.897. The molecule has 0 aliphatic carbocycles. The molecular weight excluding hydrogens is 347 g/mol. The number of benzene rings is 1. The fourth-order valence-electron chi connectivity index (χ4n) is 3.09. The molecule has 2 amide bonds. The van der Waals surface area contributed by atoms with E-state index in [9.17, 15) is 14.0 Å². The van der Waals surface area contributed by atoms with E-state index in [0.29, 0.717) is 35.5 Å². The van der Waals surface area contributed by atoms with Crippen molar-refractivity contribution in [2.45, 2.75) is 6.92 Å². The summed E-state index contributed by atoms with van der Waals surface area (Å²) in [6.45, 7) is 4.72. The molecule has 7 heteroatoms. The zero-order valence-corrected chi connectivity index (χ0v) is 15.8. The van der Waals surface area contributed by atoms with Gasteiger partial charge in [0.05, 0.1) is 11.3 Å². The van der Waals surface area contributed by atoms with Crippen molar-refractivity contribution in [2.24, 2.45) is 0 Å². The molecule has 0 radical (unpaired) electrons. The van der Waals surface area contributed by atoms with Crippen molar-refractivity contribution < 1.29 is 15.4 Å². The van der Waals surface area contributed by atoms with Gasteiger partial charge >= 0.3 is 0 Å². The molecule has 0 saturated carbocycles. The van der Waals surface area contributed by atoms with Gasteiger partial charge in [0.15, 0.2) is 0 Å². The van der Waals surface area contributed by atoms with Gasteiger partial charge in [-0.3, -0.25) is 14.6 Å². The maximum atomic E-state index is 14.2. The van der Waals surface area contributed by atoms with Crippen molar-refractivity contribution in [3.63, 3.8) is 0 Å². The highest BCUT2D eigenvalue weighted by molar-refractivity contribution is 5.96. The van der Waals surface area contributed by atoms with Crippen molar-refractivity contribution in [1.29, 1.82) is 0 Å². The number of nitrogens with one attached hydrogen (secondary N) is 1. The van der Waals surface area contributed by atoms with Crippen LogP contribution in [0.5, 0.6) is 0 Å². The summed E-state index contributed by atoms with van der Waals surface area (Å²) in [5.41, 5.74) is 2.20. The van der Waals surface area contributed by atoms with Gasteiger partial charge in [0.1, 0.15) is 5.82 Å². The second-order valence-corrected chi connectivity index (χ2v) is 6.74. The molecule has 2 heterocycles. The van der Waals surface area contributed by atoms with Crippen molar-refractivity contribution in [2.75, 3.05) is 40.3 Å². The van der Waals surface area contributed by atoms with Crippen molar-refractivity contribution in [3.8, 4) is 11.3 Å². The first-order valence-corrected chi connectivity index (χ1v) is 8.87. The molecule has 1 saturated heterocycles. The Bertz CT molecular complexity index is 865. The average molecular weight is 372 g/mol. The smallest absolute Gasteiger partial charge is 0.255 e. The standard InChI is InChI=1S/C20H23FN4O2.H2/c1-13-16(10-15(11-17(13)21)19(26)22-2)18-5-4-14(12-23-18)20(27)25-8-6-24(3)7-9-25;/h4-5,10-12H,6-9H2,1-3H3,(H,22,26);1H. The number of aromatic nitrogens is 1. The Labute approximate surface area is 159 Å². The summed E-state index contributed by atoms with van der Waals surface area (Å²) in [4.78, 5) is 32.8. The van der Waals surface area contributed by atoms with Crippen LogP contribution < -0.4 is 5.32 Å². The lowest BCUT2D eigenvalue weighted by atomic mass is 10.00. The molecule has 1 aliphatic heterocycles. The normalized spacial score (nSPS) is 14.9. The molecule has 144 valence electrons. The molecule has 3 rings (SSSR count). The molecule has 27 heavy (non-hydrogen) atoms. The highest BCUT2D eigenvalue weighted by Gasteiger charge is 2.21. The van der Waals surface area contributed by atoms with Crippen LogP contribution in [0.3, 0.4) is 0 Å². The van der Waals surface area contributed by atoms with Crippen LogP contribution in [0.15, 0.2) is 30.5 Å². The van der Waals surface area contributed by atoms with Gasteiger partial charge in [-0.05, 0) is 43.8 Å². The Morgan fingerprint density at radius 2 is 1.85 bits per heavy atom. The number of nitrogens with zero attached hydrogens (tertiary/aromatic N) is 3. The highest BCUT2D eigenvalue weighted by atomic mass is 19.1. The van der Waals surface area contributed by atoms with E-state index < -0.39 is 5.82 Å². The van der Waals surface area contributed by atoms with Crippen molar-refractivity contribution >= 4 is 11.8 Å². The number of rotatable bonds is 3. The minimum Gasteiger partial charge on any atom is -0.355 e. The predicted molar refractivity (Wildman–Crippen MR) is 103 cm³/mol. The Morgan fingerprint density at radius 3 is 2.44 bits per heavy atom. The largest absolute Gasteiger partial charge is 0.355 e. The van der Waals surface area contributed by atoms with E-state index in [2.05, 4.69) is 15.2 Å². The second-order valence-electron chi connectivity index (χ2n) is 6.74. The molecule has 0 unspecified atom stereocenters. The number of likely N-dealkylation sites (N-methyl/N-ethyl adjacent to an activating group) is 1. The van der Waals surface area contributed by atoms with Crippen LogP contribution in [0.4, 0.5) is 4.39 Å². The van der Waals surface area contributed by atoms with Gasteiger partial charge in [0, 0.05) is 52.0 Å². The summed E-state index contributed by atoms with van der Waals surface area (Å²) in [7, 11) is 3.53. The number of hydrogen-bond donors (Lipinski definition) is 1. The number of hydrogen-bond acceptors (Lipinski definition) is 4. The second kappa shape index (κ2) is 7.84. The third-order valence-corrected chi connectivity index (χ3v) is 4.91. The molecule has 6 nitrogen and oxygen atoms in total. The Morgan fingerprint density at radius 1 is 1.15 bits per heavy atom.